The van der Waals surface area contributed by atoms with Crippen molar-refractivity contribution >= 4 is 29.2 Å². The first-order valence-corrected chi connectivity index (χ1v) is 9.91. The highest BCUT2D eigenvalue weighted by Crippen LogP contribution is 2.25. The number of rotatable bonds is 7. The number of carbonyl (C=O) groups is 3. The summed E-state index contributed by atoms with van der Waals surface area (Å²) in [6, 6.07) is 18.1. The van der Waals surface area contributed by atoms with Gasteiger partial charge in [0, 0.05) is 0 Å². The molecule has 0 aliphatic carbocycles. The second kappa shape index (κ2) is 10.1. The molecule has 0 fully saturated rings. The minimum Gasteiger partial charge on any atom is -0.457 e. The Morgan fingerprint density at radius 3 is 2.40 bits per heavy atom. The van der Waals surface area contributed by atoms with Crippen molar-refractivity contribution in [2.24, 2.45) is 5.73 Å². The van der Waals surface area contributed by atoms with Crippen molar-refractivity contribution in [3.05, 3.63) is 82.6 Å². The molecule has 8 nitrogen and oxygen atoms in total. The summed E-state index contributed by atoms with van der Waals surface area (Å²) in [7, 11) is 0. The number of thiophene rings is 1. The lowest BCUT2D eigenvalue weighted by molar-refractivity contribution is -0.122. The normalized spacial score (nSPS) is 11.2. The predicted molar refractivity (Wildman–Crippen MR) is 113 cm³/mol. The third-order valence-corrected chi connectivity index (χ3v) is 4.87. The number of carbonyl (C=O) groups excluding carboxylic acids is 3. The summed E-state index contributed by atoms with van der Waals surface area (Å²) in [6.07, 6.45) is -0.136. The van der Waals surface area contributed by atoms with Crippen molar-refractivity contribution in [2.45, 2.75) is 12.5 Å². The van der Waals surface area contributed by atoms with Crippen LogP contribution in [0.15, 0.2) is 72.1 Å². The van der Waals surface area contributed by atoms with Crippen molar-refractivity contribution in [3.8, 4) is 11.5 Å². The zero-order valence-corrected chi connectivity index (χ0v) is 16.6. The van der Waals surface area contributed by atoms with Gasteiger partial charge in [-0.05, 0) is 41.3 Å². The van der Waals surface area contributed by atoms with Crippen LogP contribution in [0.2, 0.25) is 0 Å². The van der Waals surface area contributed by atoms with Gasteiger partial charge in [-0.15, -0.1) is 11.3 Å². The average Bonchev–Trinajstić information content (AvgIpc) is 3.27. The highest BCUT2D eigenvalue weighted by atomic mass is 32.1. The van der Waals surface area contributed by atoms with E-state index in [2.05, 4.69) is 16.2 Å². The molecule has 9 heteroatoms. The minimum atomic E-state index is -0.773. The third-order valence-electron chi connectivity index (χ3n) is 4.01. The number of nitrogens with one attached hydrogen (secondary N) is 3. The lowest BCUT2D eigenvalue weighted by atomic mass is 10.0. The van der Waals surface area contributed by atoms with Crippen LogP contribution in [0.4, 0.5) is 4.79 Å². The largest absolute Gasteiger partial charge is 0.457 e. The van der Waals surface area contributed by atoms with E-state index < -0.39 is 23.9 Å². The van der Waals surface area contributed by atoms with E-state index in [1.54, 1.807) is 41.8 Å². The maximum atomic E-state index is 12.3. The topological polar surface area (TPSA) is 123 Å². The Labute approximate surface area is 177 Å². The molecule has 0 spiro atoms. The molecule has 154 valence electrons. The fraction of sp³-hybridized carbons (Fsp3) is 0.0952. The van der Waals surface area contributed by atoms with Gasteiger partial charge in [0.2, 0.25) is 5.91 Å². The highest BCUT2D eigenvalue weighted by molar-refractivity contribution is 7.12. The number of hydrazine groups is 1. The molecule has 1 heterocycles. The van der Waals surface area contributed by atoms with Gasteiger partial charge in [0.05, 0.1) is 17.3 Å². The van der Waals surface area contributed by atoms with Gasteiger partial charge in [0.15, 0.2) is 0 Å². The summed E-state index contributed by atoms with van der Waals surface area (Å²) in [5.74, 6) is 0.286. The number of nitrogens with two attached hydrogens (primary N) is 1. The second-order valence-electron chi connectivity index (χ2n) is 6.23. The summed E-state index contributed by atoms with van der Waals surface area (Å²) in [6.45, 7) is 0. The summed E-state index contributed by atoms with van der Waals surface area (Å²) >= 11 is 1.25. The van der Waals surface area contributed by atoms with Gasteiger partial charge in [-0.3, -0.25) is 20.4 Å². The number of urea groups is 1. The highest BCUT2D eigenvalue weighted by Gasteiger charge is 2.19. The molecule has 30 heavy (non-hydrogen) atoms. The Morgan fingerprint density at radius 1 is 0.933 bits per heavy atom. The maximum absolute atomic E-state index is 12.3. The van der Waals surface area contributed by atoms with E-state index in [4.69, 9.17) is 10.5 Å². The molecule has 0 aliphatic heterocycles. The number of para-hydroxylation sites is 1. The molecular weight excluding hydrogens is 404 g/mol. The quantitative estimate of drug-likeness (QED) is 0.435. The Kier molecular flexibility index (Phi) is 7.01. The molecule has 0 saturated carbocycles. The number of primary amides is 1. The van der Waals surface area contributed by atoms with Crippen LogP contribution in [-0.2, 0) is 4.79 Å². The summed E-state index contributed by atoms with van der Waals surface area (Å²) in [5, 5.41) is 4.30. The zero-order valence-electron chi connectivity index (χ0n) is 15.8. The third kappa shape index (κ3) is 6.08. The lowest BCUT2D eigenvalue weighted by Gasteiger charge is -2.19. The Morgan fingerprint density at radius 2 is 1.70 bits per heavy atom. The predicted octanol–water partition coefficient (Wildman–Crippen LogP) is 3.10. The summed E-state index contributed by atoms with van der Waals surface area (Å²) in [4.78, 5) is 36.2. The van der Waals surface area contributed by atoms with Gasteiger partial charge < -0.3 is 15.8 Å². The van der Waals surface area contributed by atoms with Crippen LogP contribution >= 0.6 is 11.3 Å². The van der Waals surface area contributed by atoms with Gasteiger partial charge in [-0.25, -0.2) is 4.79 Å². The van der Waals surface area contributed by atoms with Crippen LogP contribution in [-0.4, -0.2) is 17.8 Å². The molecule has 0 radical (unpaired) electrons. The smallest absolute Gasteiger partial charge is 0.312 e. The first-order valence-electron chi connectivity index (χ1n) is 9.03. The van der Waals surface area contributed by atoms with Crippen molar-refractivity contribution in [1.29, 1.82) is 0 Å². The number of hydrogen-bond donors (Lipinski definition) is 4. The molecule has 0 aliphatic rings. The molecule has 1 unspecified atom stereocenters. The van der Waals surface area contributed by atoms with Crippen LogP contribution in [0.3, 0.4) is 0 Å². The van der Waals surface area contributed by atoms with Crippen LogP contribution in [0.1, 0.15) is 27.7 Å². The fourth-order valence-electron chi connectivity index (χ4n) is 2.68. The van der Waals surface area contributed by atoms with Gasteiger partial charge in [-0.1, -0.05) is 36.4 Å². The van der Waals surface area contributed by atoms with Gasteiger partial charge >= 0.3 is 6.03 Å². The molecule has 0 saturated heterocycles. The molecule has 1 atom stereocenters. The monoisotopic (exact) mass is 424 g/mol. The van der Waals surface area contributed by atoms with E-state index in [-0.39, 0.29) is 6.42 Å². The van der Waals surface area contributed by atoms with Gasteiger partial charge in [0.25, 0.3) is 5.91 Å². The molecule has 4 amide bonds. The molecule has 3 rings (SSSR count). The van der Waals surface area contributed by atoms with Crippen molar-refractivity contribution in [3.63, 3.8) is 0 Å². The Hall–Kier alpha value is -3.85. The first-order chi connectivity index (χ1) is 14.5. The van der Waals surface area contributed by atoms with Gasteiger partial charge in [0.1, 0.15) is 11.5 Å². The summed E-state index contributed by atoms with van der Waals surface area (Å²) in [5.41, 5.74) is 10.6. The van der Waals surface area contributed by atoms with Gasteiger partial charge in [-0.2, -0.15) is 0 Å². The van der Waals surface area contributed by atoms with Crippen LogP contribution in [0, 0.1) is 0 Å². The summed E-state index contributed by atoms with van der Waals surface area (Å²) < 4.78 is 5.80. The maximum Gasteiger partial charge on any atom is 0.312 e. The number of ether oxygens (including phenoxy) is 1. The van der Waals surface area contributed by atoms with Crippen molar-refractivity contribution in [1.82, 2.24) is 16.2 Å². The average molecular weight is 424 g/mol. The Bertz CT molecular complexity index is 1010. The fourth-order valence-corrected chi connectivity index (χ4v) is 3.29. The molecule has 5 N–H and O–H groups in total. The first kappa shape index (κ1) is 20.9. The molecular formula is C21H20N4O4S. The van der Waals surface area contributed by atoms with E-state index in [1.165, 1.54) is 11.3 Å². The van der Waals surface area contributed by atoms with E-state index >= 15 is 0 Å². The zero-order chi connectivity index (χ0) is 21.3. The molecule has 0 bridgehead atoms. The lowest BCUT2D eigenvalue weighted by Crippen LogP contribution is -2.43. The van der Waals surface area contributed by atoms with Crippen LogP contribution in [0.5, 0.6) is 11.5 Å². The van der Waals surface area contributed by atoms with Crippen LogP contribution < -0.4 is 26.6 Å². The molecule has 2 aromatic carbocycles. The number of benzene rings is 2. The van der Waals surface area contributed by atoms with Crippen molar-refractivity contribution < 1.29 is 19.1 Å². The molecule has 1 aromatic heterocycles. The second-order valence-corrected chi connectivity index (χ2v) is 7.18. The van der Waals surface area contributed by atoms with Crippen molar-refractivity contribution in [2.75, 3.05) is 0 Å². The SMILES string of the molecule is NC(=O)NC(CC(=O)NNC(=O)c1cccs1)c1cccc(Oc2ccccc2)c1. The van der Waals surface area contributed by atoms with E-state index in [0.717, 1.165) is 0 Å². The Balaban J connectivity index is 1.66. The number of hydrogen-bond acceptors (Lipinski definition) is 5. The standard InChI is InChI=1S/C21H20N4O4S/c22-21(28)23-17(13-19(26)24-25-20(27)18-10-5-11-30-18)14-6-4-9-16(12-14)29-15-7-2-1-3-8-15/h1-12,17H,13H2,(H,24,26)(H,25,27)(H3,22,23,28). The van der Waals surface area contributed by atoms with Crippen LogP contribution in [0.25, 0.3) is 0 Å². The van der Waals surface area contributed by atoms with E-state index in [9.17, 15) is 14.4 Å². The molecule has 3 aromatic rings. The number of amides is 4. The van der Waals surface area contributed by atoms with E-state index in [0.29, 0.717) is 21.9 Å². The van der Waals surface area contributed by atoms with E-state index in [1.807, 2.05) is 30.3 Å². The minimum absolute atomic E-state index is 0.136.